The fourth-order valence-electron chi connectivity index (χ4n) is 5.58. The Morgan fingerprint density at radius 2 is 1.63 bits per heavy atom. The maximum Gasteiger partial charge on any atom is 0.334 e. The van der Waals surface area contributed by atoms with Gasteiger partial charge in [-0.05, 0) is 31.0 Å². The van der Waals surface area contributed by atoms with E-state index in [-0.39, 0.29) is 64.1 Å². The average molecular weight is 578 g/mol. The van der Waals surface area contributed by atoms with Crippen LogP contribution in [0.1, 0.15) is 42.9 Å². The normalized spacial score (nSPS) is 18.7. The van der Waals surface area contributed by atoms with Crippen molar-refractivity contribution in [3.05, 3.63) is 92.8 Å². The standard InChI is InChI=1S/C30H28ClN3O7/c1-16-24(29(37)38)26(20-11-7-10-19(13-32)27(20)31)25(30(39)40)17(2)33(16)15-22(41-3)21-12-23(35)34(28(21)36)14-18-8-5-4-6-9-18/h4-11,21-22,26H,12,14-15H2,1-3H3,(H,37,38)(H,39,40)/t21-,22?/m0/s1. The van der Waals surface area contributed by atoms with Crippen LogP contribution in [0.25, 0.3) is 0 Å². The highest BCUT2D eigenvalue weighted by molar-refractivity contribution is 6.32. The van der Waals surface area contributed by atoms with Gasteiger partial charge in [0.2, 0.25) is 11.8 Å². The molecule has 0 bridgehead atoms. The number of allylic oxidation sites excluding steroid dienone is 2. The van der Waals surface area contributed by atoms with Gasteiger partial charge in [-0.15, -0.1) is 0 Å². The van der Waals surface area contributed by atoms with Gasteiger partial charge in [-0.1, -0.05) is 54.1 Å². The second-order valence-corrected chi connectivity index (χ2v) is 10.2. The predicted molar refractivity (Wildman–Crippen MR) is 147 cm³/mol. The summed E-state index contributed by atoms with van der Waals surface area (Å²) in [5.74, 6) is -5.61. The van der Waals surface area contributed by atoms with Crippen LogP contribution in [-0.4, -0.2) is 63.5 Å². The van der Waals surface area contributed by atoms with Gasteiger partial charge in [-0.3, -0.25) is 14.5 Å². The van der Waals surface area contributed by atoms with Crippen molar-refractivity contribution in [3.63, 3.8) is 0 Å². The number of hydrogen-bond donors (Lipinski definition) is 2. The van der Waals surface area contributed by atoms with Crippen LogP contribution in [0, 0.1) is 17.2 Å². The van der Waals surface area contributed by atoms with Gasteiger partial charge in [-0.25, -0.2) is 9.59 Å². The topological polar surface area (TPSA) is 148 Å². The lowest BCUT2D eigenvalue weighted by atomic mass is 9.79. The highest BCUT2D eigenvalue weighted by Gasteiger charge is 2.46. The molecule has 0 aromatic heterocycles. The molecule has 1 unspecified atom stereocenters. The summed E-state index contributed by atoms with van der Waals surface area (Å²) in [4.78, 5) is 54.1. The number of benzene rings is 2. The number of rotatable bonds is 9. The van der Waals surface area contributed by atoms with E-state index in [1.54, 1.807) is 0 Å². The number of nitrogens with zero attached hydrogens (tertiary/aromatic N) is 3. The van der Waals surface area contributed by atoms with Crippen molar-refractivity contribution < 1.29 is 34.1 Å². The third-order valence-electron chi connectivity index (χ3n) is 7.66. The predicted octanol–water partition coefficient (Wildman–Crippen LogP) is 3.92. The summed E-state index contributed by atoms with van der Waals surface area (Å²) in [5.41, 5.74) is 1.03. The van der Waals surface area contributed by atoms with Crippen LogP contribution in [0.4, 0.5) is 0 Å². The van der Waals surface area contributed by atoms with Gasteiger partial charge in [0.15, 0.2) is 0 Å². The molecule has 2 atom stereocenters. The Labute approximate surface area is 241 Å². The molecule has 212 valence electrons. The molecule has 2 heterocycles. The number of ether oxygens (including phenoxy) is 1. The number of methoxy groups -OCH3 is 1. The van der Waals surface area contributed by atoms with Crippen LogP contribution in [0.5, 0.6) is 0 Å². The summed E-state index contributed by atoms with van der Waals surface area (Å²) in [6.07, 6.45) is -0.954. The zero-order valence-corrected chi connectivity index (χ0v) is 23.4. The molecule has 11 heteroatoms. The number of carboxylic acids is 2. The van der Waals surface area contributed by atoms with E-state index in [1.165, 1.54) is 49.0 Å². The van der Waals surface area contributed by atoms with Gasteiger partial charge in [0.25, 0.3) is 0 Å². The smallest absolute Gasteiger partial charge is 0.334 e. The van der Waals surface area contributed by atoms with Crippen molar-refractivity contribution in [1.82, 2.24) is 9.80 Å². The lowest BCUT2D eigenvalue weighted by Crippen LogP contribution is -2.43. The van der Waals surface area contributed by atoms with Gasteiger partial charge in [0.05, 0.1) is 46.2 Å². The first-order valence-electron chi connectivity index (χ1n) is 12.8. The fraction of sp³-hybridized carbons (Fsp3) is 0.300. The summed E-state index contributed by atoms with van der Waals surface area (Å²) in [6.45, 7) is 3.11. The summed E-state index contributed by atoms with van der Waals surface area (Å²) in [6, 6.07) is 15.5. The second-order valence-electron chi connectivity index (χ2n) is 9.86. The Morgan fingerprint density at radius 3 is 2.17 bits per heavy atom. The first-order valence-corrected chi connectivity index (χ1v) is 13.1. The number of imide groups is 1. The molecule has 0 aliphatic carbocycles. The molecule has 0 radical (unpaired) electrons. The van der Waals surface area contributed by atoms with E-state index in [9.17, 15) is 34.7 Å². The first kappa shape index (κ1) is 29.5. The van der Waals surface area contributed by atoms with Gasteiger partial charge >= 0.3 is 11.9 Å². The molecule has 2 aliphatic heterocycles. The van der Waals surface area contributed by atoms with Crippen molar-refractivity contribution in [3.8, 4) is 6.07 Å². The number of carbonyl (C=O) groups is 4. The van der Waals surface area contributed by atoms with Crippen molar-refractivity contribution in [2.45, 2.75) is 38.8 Å². The minimum Gasteiger partial charge on any atom is -0.478 e. The molecule has 4 rings (SSSR count). The van der Waals surface area contributed by atoms with Crippen LogP contribution in [0.3, 0.4) is 0 Å². The third-order valence-corrected chi connectivity index (χ3v) is 8.09. The zero-order valence-electron chi connectivity index (χ0n) is 22.6. The van der Waals surface area contributed by atoms with Crippen LogP contribution < -0.4 is 0 Å². The average Bonchev–Trinajstić information content (AvgIpc) is 3.21. The summed E-state index contributed by atoms with van der Waals surface area (Å²) in [5, 5.41) is 30.0. The van der Waals surface area contributed by atoms with Crippen LogP contribution in [-0.2, 0) is 30.5 Å². The minimum atomic E-state index is -1.36. The molecule has 0 saturated carbocycles. The molecular weight excluding hydrogens is 550 g/mol. The highest BCUT2D eigenvalue weighted by Crippen LogP contribution is 2.45. The molecule has 1 saturated heterocycles. The summed E-state index contributed by atoms with van der Waals surface area (Å²) < 4.78 is 5.66. The van der Waals surface area contributed by atoms with Gasteiger partial charge in [0, 0.05) is 31.5 Å². The minimum absolute atomic E-state index is 0.0325. The summed E-state index contributed by atoms with van der Waals surface area (Å²) >= 11 is 6.45. The number of carbonyl (C=O) groups excluding carboxylic acids is 2. The van der Waals surface area contributed by atoms with E-state index >= 15 is 0 Å². The maximum atomic E-state index is 13.4. The number of likely N-dealkylation sites (tertiary alicyclic amines) is 1. The number of aliphatic carboxylic acids is 2. The molecule has 2 aromatic rings. The molecule has 10 nitrogen and oxygen atoms in total. The Morgan fingerprint density at radius 1 is 1.02 bits per heavy atom. The number of amides is 2. The Bertz CT molecular complexity index is 1490. The van der Waals surface area contributed by atoms with E-state index in [2.05, 4.69) is 0 Å². The van der Waals surface area contributed by atoms with Crippen molar-refractivity contribution in [2.24, 2.45) is 5.92 Å². The van der Waals surface area contributed by atoms with Crippen LogP contribution in [0.2, 0.25) is 5.02 Å². The van der Waals surface area contributed by atoms with E-state index in [4.69, 9.17) is 16.3 Å². The zero-order chi connectivity index (χ0) is 30.0. The fourth-order valence-corrected chi connectivity index (χ4v) is 5.86. The second kappa shape index (κ2) is 12.0. The van der Waals surface area contributed by atoms with Crippen molar-refractivity contribution in [2.75, 3.05) is 13.7 Å². The van der Waals surface area contributed by atoms with Crippen molar-refractivity contribution in [1.29, 1.82) is 5.26 Å². The first-order chi connectivity index (χ1) is 19.5. The molecular formula is C30H28ClN3O7. The van der Waals surface area contributed by atoms with E-state index in [0.29, 0.717) is 0 Å². The molecule has 41 heavy (non-hydrogen) atoms. The van der Waals surface area contributed by atoms with E-state index in [1.807, 2.05) is 36.4 Å². The third kappa shape index (κ3) is 5.46. The molecule has 2 aliphatic rings. The number of carboxylic acid groups (broad SMARTS) is 2. The lowest BCUT2D eigenvalue weighted by Gasteiger charge is -2.39. The monoisotopic (exact) mass is 577 g/mol. The maximum absolute atomic E-state index is 13.4. The summed E-state index contributed by atoms with van der Waals surface area (Å²) in [7, 11) is 1.39. The van der Waals surface area contributed by atoms with Crippen LogP contribution in [0.15, 0.2) is 71.1 Å². The highest BCUT2D eigenvalue weighted by atomic mass is 35.5. The van der Waals surface area contributed by atoms with Gasteiger partial charge in [0.1, 0.15) is 6.07 Å². The molecule has 2 aromatic carbocycles. The Kier molecular flexibility index (Phi) is 8.61. The number of nitriles is 1. The molecule has 2 amide bonds. The van der Waals surface area contributed by atoms with E-state index in [0.717, 1.165) is 5.56 Å². The molecule has 1 fully saturated rings. The molecule has 2 N–H and O–H groups in total. The van der Waals surface area contributed by atoms with Crippen LogP contribution >= 0.6 is 11.6 Å². The largest absolute Gasteiger partial charge is 0.478 e. The van der Waals surface area contributed by atoms with Gasteiger partial charge in [-0.2, -0.15) is 5.26 Å². The van der Waals surface area contributed by atoms with Gasteiger partial charge < -0.3 is 19.8 Å². The number of halogens is 1. The van der Waals surface area contributed by atoms with Crippen molar-refractivity contribution >= 4 is 35.4 Å². The quantitative estimate of drug-likeness (QED) is 0.423. The lowest BCUT2D eigenvalue weighted by molar-refractivity contribution is -0.142. The Hall–Kier alpha value is -4.46. The van der Waals surface area contributed by atoms with E-state index < -0.39 is 35.8 Å². The Balaban J connectivity index is 1.72. The molecule has 0 spiro atoms. The number of hydrogen-bond acceptors (Lipinski definition) is 7. The SMILES string of the molecule is COC(CN1C(C)=C(C(=O)O)C(c2cccc(C#N)c2Cl)C(C(=O)O)=C1C)[C@@H]1CC(=O)N(Cc2ccccc2)C1=O.